The second-order valence-electron chi connectivity index (χ2n) is 3.76. The third-order valence-electron chi connectivity index (χ3n) is 2.58. The molecule has 1 aromatic rings. The summed E-state index contributed by atoms with van der Waals surface area (Å²) in [6.45, 7) is 3.65. The molecular weight excluding hydrogens is 182 g/mol. The van der Waals surface area contributed by atoms with Gasteiger partial charge in [0.05, 0.1) is 12.1 Å². The van der Waals surface area contributed by atoms with Crippen LogP contribution in [0.15, 0.2) is 11.4 Å². The van der Waals surface area contributed by atoms with Crippen LogP contribution in [0.5, 0.6) is 0 Å². The normalized spacial score (nSPS) is 29.1. The molecule has 2 N–H and O–H groups in total. The molecule has 2 nitrogen and oxygen atoms in total. The average molecular weight is 197 g/mol. The van der Waals surface area contributed by atoms with Crippen LogP contribution in [0.4, 0.5) is 0 Å². The van der Waals surface area contributed by atoms with Crippen LogP contribution >= 0.6 is 11.3 Å². The fourth-order valence-corrected chi connectivity index (χ4v) is 2.56. The van der Waals surface area contributed by atoms with Crippen molar-refractivity contribution >= 4 is 11.3 Å². The number of rotatable bonds is 1. The summed E-state index contributed by atoms with van der Waals surface area (Å²) in [5.41, 5.74) is 7.30. The molecule has 2 rings (SSSR count). The highest BCUT2D eigenvalue weighted by Gasteiger charge is 2.30. The van der Waals surface area contributed by atoms with Crippen molar-refractivity contribution in [1.29, 1.82) is 0 Å². The maximum absolute atomic E-state index is 6.28. The van der Waals surface area contributed by atoms with E-state index in [1.165, 1.54) is 10.4 Å². The third-order valence-corrected chi connectivity index (χ3v) is 3.44. The molecule has 1 fully saturated rings. The van der Waals surface area contributed by atoms with E-state index in [1.54, 1.807) is 11.3 Å². The van der Waals surface area contributed by atoms with Gasteiger partial charge in [0.2, 0.25) is 0 Å². The fraction of sp³-hybridized carbons (Fsp3) is 0.600. The summed E-state index contributed by atoms with van der Waals surface area (Å²) >= 11 is 1.76. The second kappa shape index (κ2) is 3.40. The van der Waals surface area contributed by atoms with Crippen molar-refractivity contribution in [3.63, 3.8) is 0 Å². The van der Waals surface area contributed by atoms with Gasteiger partial charge in [-0.2, -0.15) is 0 Å². The molecule has 0 radical (unpaired) electrons. The van der Waals surface area contributed by atoms with E-state index in [2.05, 4.69) is 18.4 Å². The van der Waals surface area contributed by atoms with Crippen LogP contribution in [0.3, 0.4) is 0 Å². The SMILES string of the molecule is Cc1cc(C2(N)CCCOC2)cs1. The summed E-state index contributed by atoms with van der Waals surface area (Å²) in [6, 6.07) is 2.18. The van der Waals surface area contributed by atoms with Gasteiger partial charge < -0.3 is 10.5 Å². The molecule has 0 aliphatic carbocycles. The number of thiophene rings is 1. The van der Waals surface area contributed by atoms with Crippen LogP contribution in [-0.4, -0.2) is 13.2 Å². The lowest BCUT2D eigenvalue weighted by Crippen LogP contribution is -2.44. The second-order valence-corrected chi connectivity index (χ2v) is 4.87. The van der Waals surface area contributed by atoms with Gasteiger partial charge in [-0.15, -0.1) is 11.3 Å². The first kappa shape index (κ1) is 9.19. The predicted octanol–water partition coefficient (Wildman–Crippen LogP) is 2.02. The largest absolute Gasteiger partial charge is 0.379 e. The molecule has 1 unspecified atom stereocenters. The minimum absolute atomic E-state index is 0.219. The van der Waals surface area contributed by atoms with E-state index >= 15 is 0 Å². The number of hydrogen-bond acceptors (Lipinski definition) is 3. The Morgan fingerprint density at radius 3 is 3.00 bits per heavy atom. The average Bonchev–Trinajstić information content (AvgIpc) is 2.54. The smallest absolute Gasteiger partial charge is 0.0688 e. The maximum Gasteiger partial charge on any atom is 0.0688 e. The molecule has 1 aliphatic rings. The highest BCUT2D eigenvalue weighted by molar-refractivity contribution is 7.10. The van der Waals surface area contributed by atoms with E-state index < -0.39 is 0 Å². The zero-order valence-electron chi connectivity index (χ0n) is 7.88. The molecule has 0 aromatic carbocycles. The van der Waals surface area contributed by atoms with Gasteiger partial charge >= 0.3 is 0 Å². The van der Waals surface area contributed by atoms with Gasteiger partial charge in [-0.1, -0.05) is 0 Å². The van der Waals surface area contributed by atoms with E-state index in [-0.39, 0.29) is 5.54 Å². The minimum Gasteiger partial charge on any atom is -0.379 e. The summed E-state index contributed by atoms with van der Waals surface area (Å²) in [5.74, 6) is 0. The van der Waals surface area contributed by atoms with Crippen LogP contribution in [0, 0.1) is 6.92 Å². The first-order valence-electron chi connectivity index (χ1n) is 4.63. The summed E-state index contributed by atoms with van der Waals surface area (Å²) < 4.78 is 5.43. The van der Waals surface area contributed by atoms with Gasteiger partial charge in [0.1, 0.15) is 0 Å². The van der Waals surface area contributed by atoms with Gasteiger partial charge in [-0.3, -0.25) is 0 Å². The molecule has 0 spiro atoms. The van der Waals surface area contributed by atoms with Crippen molar-refractivity contribution in [1.82, 2.24) is 0 Å². The molecule has 2 heterocycles. The molecule has 1 saturated heterocycles. The van der Waals surface area contributed by atoms with Crippen LogP contribution < -0.4 is 5.73 Å². The Labute approximate surface area is 82.7 Å². The molecular formula is C10H15NOS. The summed E-state index contributed by atoms with van der Waals surface area (Å²) in [5, 5.41) is 2.16. The van der Waals surface area contributed by atoms with Gasteiger partial charge in [0.15, 0.2) is 0 Å². The van der Waals surface area contributed by atoms with Crippen LogP contribution in [-0.2, 0) is 10.3 Å². The van der Waals surface area contributed by atoms with Crippen molar-refractivity contribution in [2.75, 3.05) is 13.2 Å². The lowest BCUT2D eigenvalue weighted by molar-refractivity contribution is 0.0368. The Balaban J connectivity index is 2.22. The standard InChI is InChI=1S/C10H15NOS/c1-8-5-9(6-13-8)10(11)3-2-4-12-7-10/h5-6H,2-4,7,11H2,1H3. The number of ether oxygens (including phenoxy) is 1. The lowest BCUT2D eigenvalue weighted by atomic mass is 9.87. The first-order valence-corrected chi connectivity index (χ1v) is 5.51. The van der Waals surface area contributed by atoms with Crippen molar-refractivity contribution in [3.05, 3.63) is 21.9 Å². The molecule has 0 bridgehead atoms. The van der Waals surface area contributed by atoms with Crippen LogP contribution in [0.25, 0.3) is 0 Å². The van der Waals surface area contributed by atoms with E-state index in [4.69, 9.17) is 10.5 Å². The maximum atomic E-state index is 6.28. The molecule has 1 atom stereocenters. The summed E-state index contributed by atoms with van der Waals surface area (Å²) in [4.78, 5) is 1.32. The Bertz CT molecular complexity index is 289. The van der Waals surface area contributed by atoms with Gasteiger partial charge in [-0.25, -0.2) is 0 Å². The van der Waals surface area contributed by atoms with E-state index in [0.717, 1.165) is 19.4 Å². The molecule has 13 heavy (non-hydrogen) atoms. The van der Waals surface area contributed by atoms with E-state index in [1.807, 2.05) is 0 Å². The van der Waals surface area contributed by atoms with E-state index in [0.29, 0.717) is 6.61 Å². The predicted molar refractivity (Wildman–Crippen MR) is 55.0 cm³/mol. The van der Waals surface area contributed by atoms with Crippen LogP contribution in [0.2, 0.25) is 0 Å². The van der Waals surface area contributed by atoms with Crippen molar-refractivity contribution in [2.24, 2.45) is 5.73 Å². The first-order chi connectivity index (χ1) is 6.21. The Morgan fingerprint density at radius 1 is 1.62 bits per heavy atom. The van der Waals surface area contributed by atoms with Gasteiger partial charge in [0.25, 0.3) is 0 Å². The van der Waals surface area contributed by atoms with E-state index in [9.17, 15) is 0 Å². The molecule has 3 heteroatoms. The zero-order valence-corrected chi connectivity index (χ0v) is 8.69. The third kappa shape index (κ3) is 1.77. The minimum atomic E-state index is -0.219. The van der Waals surface area contributed by atoms with Crippen molar-refractivity contribution in [3.8, 4) is 0 Å². The topological polar surface area (TPSA) is 35.2 Å². The molecule has 1 aromatic heterocycles. The zero-order chi connectivity index (χ0) is 9.31. The quantitative estimate of drug-likeness (QED) is 0.747. The lowest BCUT2D eigenvalue weighted by Gasteiger charge is -2.32. The number of hydrogen-bond donors (Lipinski definition) is 1. The van der Waals surface area contributed by atoms with Crippen LogP contribution in [0.1, 0.15) is 23.3 Å². The summed E-state index contributed by atoms with van der Waals surface area (Å²) in [6.07, 6.45) is 2.12. The Morgan fingerprint density at radius 2 is 2.46 bits per heavy atom. The number of nitrogens with two attached hydrogens (primary N) is 1. The summed E-state index contributed by atoms with van der Waals surface area (Å²) in [7, 11) is 0. The van der Waals surface area contributed by atoms with Crippen molar-refractivity contribution < 1.29 is 4.74 Å². The number of aryl methyl sites for hydroxylation is 1. The molecule has 0 amide bonds. The fourth-order valence-electron chi connectivity index (χ4n) is 1.75. The van der Waals surface area contributed by atoms with Gasteiger partial charge in [0, 0.05) is 11.5 Å². The Hall–Kier alpha value is -0.380. The Kier molecular flexibility index (Phi) is 2.41. The highest BCUT2D eigenvalue weighted by atomic mass is 32.1. The molecule has 72 valence electrons. The molecule has 1 aliphatic heterocycles. The van der Waals surface area contributed by atoms with Crippen molar-refractivity contribution in [2.45, 2.75) is 25.3 Å². The highest BCUT2D eigenvalue weighted by Crippen LogP contribution is 2.30. The monoisotopic (exact) mass is 197 g/mol. The van der Waals surface area contributed by atoms with Gasteiger partial charge in [-0.05, 0) is 36.8 Å². The molecule has 0 saturated carbocycles.